The first-order valence-electron chi connectivity index (χ1n) is 7.40. The number of urea groups is 1. The number of rotatable bonds is 7. The van der Waals surface area contributed by atoms with Crippen LogP contribution in [0.3, 0.4) is 0 Å². The number of carboxylic acid groups (broad SMARTS) is 1. The summed E-state index contributed by atoms with van der Waals surface area (Å²) in [6.45, 7) is 3.68. The van der Waals surface area contributed by atoms with Crippen LogP contribution in [-0.4, -0.2) is 58.0 Å². The third kappa shape index (κ3) is 5.24. The number of amides is 3. The van der Waals surface area contributed by atoms with Gasteiger partial charge in [0.15, 0.2) is 0 Å². The molecule has 0 aliphatic heterocycles. The predicted molar refractivity (Wildman–Crippen MR) is 77.6 cm³/mol. The molecule has 0 radical (unpaired) electrons. The van der Waals surface area contributed by atoms with E-state index in [9.17, 15) is 14.4 Å². The van der Waals surface area contributed by atoms with Crippen molar-refractivity contribution in [1.29, 1.82) is 0 Å². The summed E-state index contributed by atoms with van der Waals surface area (Å²) in [6.07, 6.45) is 3.68. The lowest BCUT2D eigenvalue weighted by Gasteiger charge is -2.35. The van der Waals surface area contributed by atoms with E-state index < -0.39 is 11.9 Å². The van der Waals surface area contributed by atoms with Crippen LogP contribution in [0, 0.1) is 0 Å². The molecule has 1 aliphatic carbocycles. The van der Waals surface area contributed by atoms with Crippen molar-refractivity contribution in [3.8, 4) is 0 Å². The Bertz CT molecular complexity index is 392. The van der Waals surface area contributed by atoms with Crippen molar-refractivity contribution < 1.29 is 19.5 Å². The lowest BCUT2D eigenvalue weighted by Crippen LogP contribution is -2.52. The summed E-state index contributed by atoms with van der Waals surface area (Å²) in [4.78, 5) is 37.6. The second kappa shape index (κ2) is 7.85. The van der Waals surface area contributed by atoms with Crippen molar-refractivity contribution >= 4 is 17.9 Å². The summed E-state index contributed by atoms with van der Waals surface area (Å²) >= 11 is 0. The van der Waals surface area contributed by atoms with Crippen LogP contribution < -0.4 is 5.73 Å². The monoisotopic (exact) mass is 299 g/mol. The molecule has 120 valence electrons. The Hall–Kier alpha value is -1.79. The Morgan fingerprint density at radius 3 is 2.24 bits per heavy atom. The van der Waals surface area contributed by atoms with E-state index in [0.29, 0.717) is 0 Å². The van der Waals surface area contributed by atoms with Crippen LogP contribution in [-0.2, 0) is 9.59 Å². The molecule has 0 aromatic heterocycles. The first-order valence-corrected chi connectivity index (χ1v) is 7.40. The van der Waals surface area contributed by atoms with Gasteiger partial charge in [0.2, 0.25) is 5.91 Å². The molecule has 0 aromatic carbocycles. The van der Waals surface area contributed by atoms with Crippen molar-refractivity contribution in [1.82, 2.24) is 9.80 Å². The molecule has 1 saturated carbocycles. The highest BCUT2D eigenvalue weighted by Gasteiger charge is 2.31. The minimum Gasteiger partial charge on any atom is -0.481 e. The number of primary amides is 1. The number of carbonyl (C=O) groups is 3. The van der Waals surface area contributed by atoms with Crippen LogP contribution >= 0.6 is 0 Å². The second-order valence-electron chi connectivity index (χ2n) is 5.75. The molecule has 0 bridgehead atoms. The Morgan fingerprint density at radius 2 is 1.81 bits per heavy atom. The first kappa shape index (κ1) is 17.3. The third-order valence-electron chi connectivity index (χ3n) is 3.77. The minimum atomic E-state index is -0.948. The Morgan fingerprint density at radius 1 is 1.24 bits per heavy atom. The van der Waals surface area contributed by atoms with Gasteiger partial charge in [0.25, 0.3) is 0 Å². The number of hydrogen-bond acceptors (Lipinski definition) is 3. The van der Waals surface area contributed by atoms with Gasteiger partial charge in [-0.1, -0.05) is 12.8 Å². The van der Waals surface area contributed by atoms with E-state index in [0.717, 1.165) is 25.7 Å². The van der Waals surface area contributed by atoms with Crippen molar-refractivity contribution in [3.63, 3.8) is 0 Å². The fourth-order valence-electron chi connectivity index (χ4n) is 2.69. The molecule has 21 heavy (non-hydrogen) atoms. The van der Waals surface area contributed by atoms with E-state index in [1.54, 1.807) is 0 Å². The summed E-state index contributed by atoms with van der Waals surface area (Å²) in [5.74, 6) is -1.49. The van der Waals surface area contributed by atoms with Crippen LogP contribution in [0.4, 0.5) is 4.79 Å². The van der Waals surface area contributed by atoms with Crippen LogP contribution in [0.5, 0.6) is 0 Å². The quantitative estimate of drug-likeness (QED) is 0.732. The molecule has 0 saturated heterocycles. The summed E-state index contributed by atoms with van der Waals surface area (Å²) in [5.41, 5.74) is 5.25. The molecule has 0 atom stereocenters. The number of carboxylic acids is 1. The minimum absolute atomic E-state index is 0.0241. The lowest BCUT2D eigenvalue weighted by atomic mass is 10.2. The standard InChI is InChI=1S/C14H25N3O4/c1-10(2)16(8-7-13(19)20)14(21)17(9-12(15)18)11-5-3-4-6-11/h10-11H,3-9H2,1-2H3,(H2,15,18)(H,19,20). The molecule has 3 amide bonds. The van der Waals surface area contributed by atoms with Crippen LogP contribution in [0.25, 0.3) is 0 Å². The maximum Gasteiger partial charge on any atom is 0.320 e. The van der Waals surface area contributed by atoms with Gasteiger partial charge in [-0.2, -0.15) is 0 Å². The number of nitrogens with two attached hydrogens (primary N) is 1. The van der Waals surface area contributed by atoms with E-state index >= 15 is 0 Å². The maximum atomic E-state index is 12.7. The van der Waals surface area contributed by atoms with Crippen molar-refractivity contribution in [3.05, 3.63) is 0 Å². The van der Waals surface area contributed by atoms with Gasteiger partial charge >= 0.3 is 12.0 Å². The molecular formula is C14H25N3O4. The molecule has 0 unspecified atom stereocenters. The summed E-state index contributed by atoms with van der Waals surface area (Å²) in [5, 5.41) is 8.80. The van der Waals surface area contributed by atoms with Crippen LogP contribution in [0.2, 0.25) is 0 Å². The molecule has 0 heterocycles. The number of aliphatic carboxylic acids is 1. The molecule has 1 aliphatic rings. The Balaban J connectivity index is 2.83. The molecular weight excluding hydrogens is 274 g/mol. The summed E-state index contributed by atoms with van der Waals surface area (Å²) in [6, 6.07) is -0.401. The van der Waals surface area contributed by atoms with Crippen molar-refractivity contribution in [2.75, 3.05) is 13.1 Å². The van der Waals surface area contributed by atoms with Crippen molar-refractivity contribution in [2.45, 2.75) is 58.0 Å². The van der Waals surface area contributed by atoms with E-state index in [2.05, 4.69) is 0 Å². The number of carbonyl (C=O) groups excluding carboxylic acids is 2. The largest absolute Gasteiger partial charge is 0.481 e. The summed E-state index contributed by atoms with van der Waals surface area (Å²) in [7, 11) is 0. The molecule has 7 nitrogen and oxygen atoms in total. The SMILES string of the molecule is CC(C)N(CCC(=O)O)C(=O)N(CC(N)=O)C1CCCC1. The van der Waals surface area contributed by atoms with Crippen LogP contribution in [0.15, 0.2) is 0 Å². The van der Waals surface area contributed by atoms with Gasteiger partial charge in [0.05, 0.1) is 6.42 Å². The van der Waals surface area contributed by atoms with E-state index in [1.165, 1.54) is 9.80 Å². The van der Waals surface area contributed by atoms with Gasteiger partial charge in [-0.15, -0.1) is 0 Å². The molecule has 1 fully saturated rings. The molecule has 3 N–H and O–H groups in total. The first-order chi connectivity index (χ1) is 9.82. The van der Waals surface area contributed by atoms with E-state index in [1.807, 2.05) is 13.8 Å². The Kier molecular flexibility index (Phi) is 6.45. The highest BCUT2D eigenvalue weighted by atomic mass is 16.4. The Labute approximate surface area is 125 Å². The van der Waals surface area contributed by atoms with Gasteiger partial charge in [-0.3, -0.25) is 9.59 Å². The zero-order valence-corrected chi connectivity index (χ0v) is 12.7. The zero-order chi connectivity index (χ0) is 16.0. The third-order valence-corrected chi connectivity index (χ3v) is 3.77. The van der Waals surface area contributed by atoms with Gasteiger partial charge in [-0.05, 0) is 26.7 Å². The lowest BCUT2D eigenvalue weighted by molar-refractivity contribution is -0.137. The van der Waals surface area contributed by atoms with Gasteiger partial charge in [-0.25, -0.2) is 4.79 Å². The molecule has 7 heteroatoms. The zero-order valence-electron chi connectivity index (χ0n) is 12.7. The molecule has 0 aromatic rings. The number of hydrogen-bond donors (Lipinski definition) is 2. The van der Waals surface area contributed by atoms with Gasteiger partial charge < -0.3 is 20.6 Å². The fraction of sp³-hybridized carbons (Fsp3) is 0.786. The maximum absolute atomic E-state index is 12.7. The van der Waals surface area contributed by atoms with Gasteiger partial charge in [0.1, 0.15) is 6.54 Å². The van der Waals surface area contributed by atoms with Crippen molar-refractivity contribution in [2.24, 2.45) is 5.73 Å². The van der Waals surface area contributed by atoms with E-state index in [-0.39, 0.29) is 37.6 Å². The highest BCUT2D eigenvalue weighted by Crippen LogP contribution is 2.24. The fourth-order valence-corrected chi connectivity index (χ4v) is 2.69. The number of nitrogens with zero attached hydrogens (tertiary/aromatic N) is 2. The highest BCUT2D eigenvalue weighted by molar-refractivity contribution is 5.83. The molecule has 1 rings (SSSR count). The average Bonchev–Trinajstić information content (AvgIpc) is 2.88. The van der Waals surface area contributed by atoms with Crippen LogP contribution in [0.1, 0.15) is 46.0 Å². The predicted octanol–water partition coefficient (Wildman–Crippen LogP) is 1.02. The molecule has 0 spiro atoms. The normalized spacial score (nSPS) is 15.2. The smallest absolute Gasteiger partial charge is 0.320 e. The van der Waals surface area contributed by atoms with Gasteiger partial charge in [0, 0.05) is 18.6 Å². The summed E-state index contributed by atoms with van der Waals surface area (Å²) < 4.78 is 0. The average molecular weight is 299 g/mol. The van der Waals surface area contributed by atoms with E-state index in [4.69, 9.17) is 10.8 Å². The topological polar surface area (TPSA) is 104 Å². The second-order valence-corrected chi connectivity index (χ2v) is 5.75.